The zero-order valence-corrected chi connectivity index (χ0v) is 13.4. The van der Waals surface area contributed by atoms with Crippen molar-refractivity contribution in [3.8, 4) is 0 Å². The van der Waals surface area contributed by atoms with Crippen LogP contribution in [0.2, 0.25) is 0 Å². The average molecular weight is 303 g/mol. The van der Waals surface area contributed by atoms with Crippen molar-refractivity contribution in [2.24, 2.45) is 5.73 Å². The van der Waals surface area contributed by atoms with Crippen LogP contribution in [0, 0.1) is 0 Å². The Labute approximate surface area is 119 Å². The number of hydrogen-bond acceptors (Lipinski definition) is 5. The van der Waals surface area contributed by atoms with E-state index < -0.39 is 13.4 Å². The fraction of sp³-hybridized carbons (Fsp3) is 0.538. The summed E-state index contributed by atoms with van der Waals surface area (Å²) in [7, 11) is -3.29. The Morgan fingerprint density at radius 3 is 2.11 bits per heavy atom. The summed E-state index contributed by atoms with van der Waals surface area (Å²) in [4.78, 5) is 1.17. The highest BCUT2D eigenvalue weighted by Crippen LogP contribution is 2.58. The second-order valence-corrected chi connectivity index (χ2v) is 7.31. The lowest BCUT2D eigenvalue weighted by Crippen LogP contribution is -2.14. The lowest BCUT2D eigenvalue weighted by molar-refractivity contribution is 0.212. The highest BCUT2D eigenvalue weighted by atomic mass is 32.2. The minimum absolute atomic E-state index is 0.314. The molecule has 0 fully saturated rings. The fourth-order valence-corrected chi connectivity index (χ4v) is 3.98. The van der Waals surface area contributed by atoms with Crippen molar-refractivity contribution in [3.63, 3.8) is 0 Å². The van der Waals surface area contributed by atoms with Crippen molar-refractivity contribution in [1.82, 2.24) is 0 Å². The van der Waals surface area contributed by atoms with Crippen LogP contribution in [0.1, 0.15) is 32.1 Å². The molecule has 6 heteroatoms. The highest BCUT2D eigenvalue weighted by molar-refractivity contribution is 7.99. The van der Waals surface area contributed by atoms with Crippen molar-refractivity contribution in [1.29, 1.82) is 0 Å². The molecule has 1 aromatic carbocycles. The van der Waals surface area contributed by atoms with E-state index in [4.69, 9.17) is 14.8 Å². The average Bonchev–Trinajstić information content (AvgIpc) is 2.40. The molecule has 0 aliphatic heterocycles. The molecule has 2 N–H and O–H groups in total. The number of hydrogen-bond donors (Lipinski definition) is 1. The monoisotopic (exact) mass is 303 g/mol. The van der Waals surface area contributed by atoms with Crippen molar-refractivity contribution in [3.05, 3.63) is 29.8 Å². The smallest absolute Gasteiger partial charge is 0.314 e. The van der Waals surface area contributed by atoms with Crippen LogP contribution in [0.25, 0.3) is 0 Å². The van der Waals surface area contributed by atoms with Crippen LogP contribution < -0.4 is 5.73 Å². The zero-order valence-electron chi connectivity index (χ0n) is 11.7. The Hall–Kier alpha value is -0.320. The summed E-state index contributed by atoms with van der Waals surface area (Å²) in [6, 6.07) is 7.72. The van der Waals surface area contributed by atoms with Gasteiger partial charge in [-0.2, -0.15) is 0 Å². The Kier molecular flexibility index (Phi) is 7.11. The first-order valence-corrected chi connectivity index (χ1v) is 9.04. The quantitative estimate of drug-likeness (QED) is 0.580. The second-order valence-electron chi connectivity index (χ2n) is 3.82. The molecule has 0 aliphatic rings. The Bertz CT molecular complexity index is 414. The maximum Gasteiger partial charge on any atom is 0.351 e. The van der Waals surface area contributed by atoms with Crippen LogP contribution in [0.3, 0.4) is 0 Å². The summed E-state index contributed by atoms with van der Waals surface area (Å²) in [5.74, 6) is 0.273. The van der Waals surface area contributed by atoms with Gasteiger partial charge in [0.25, 0.3) is 0 Å². The minimum atomic E-state index is -3.29. The molecule has 1 atom stereocenters. The van der Waals surface area contributed by atoms with Crippen LogP contribution in [0.5, 0.6) is 0 Å². The molecule has 0 aliphatic carbocycles. The molecule has 0 bridgehead atoms. The van der Waals surface area contributed by atoms with Crippen LogP contribution in [-0.2, 0) is 13.6 Å². The van der Waals surface area contributed by atoms with Gasteiger partial charge in [-0.1, -0.05) is 19.1 Å². The molecule has 0 saturated heterocycles. The summed E-state index contributed by atoms with van der Waals surface area (Å²) in [6.45, 7) is 6.28. The molecule has 0 radical (unpaired) electrons. The van der Waals surface area contributed by atoms with E-state index in [9.17, 15) is 4.57 Å². The third-order valence-corrected chi connectivity index (χ3v) is 5.60. The van der Waals surface area contributed by atoms with Crippen LogP contribution in [0.4, 0.5) is 0 Å². The van der Waals surface area contributed by atoms with Gasteiger partial charge in [-0.3, -0.25) is 4.57 Å². The topological polar surface area (TPSA) is 61.5 Å². The van der Waals surface area contributed by atoms with Crippen molar-refractivity contribution < 1.29 is 13.6 Å². The molecule has 0 saturated carbocycles. The van der Waals surface area contributed by atoms with E-state index >= 15 is 0 Å². The number of rotatable bonds is 8. The maximum absolute atomic E-state index is 12.5. The van der Waals surface area contributed by atoms with Crippen molar-refractivity contribution >= 4 is 19.4 Å². The van der Waals surface area contributed by atoms with Gasteiger partial charge in [0, 0.05) is 4.90 Å². The third kappa shape index (κ3) is 4.62. The maximum atomic E-state index is 12.5. The Morgan fingerprint density at radius 1 is 1.16 bits per heavy atom. The molecule has 108 valence electrons. The zero-order chi connectivity index (χ0) is 14.3. The number of thioether (sulfide) groups is 1. The van der Waals surface area contributed by atoms with E-state index in [-0.39, 0.29) is 0 Å². The molecule has 1 rings (SSSR count). The summed E-state index contributed by atoms with van der Waals surface area (Å²) in [5, 5.41) is 0. The molecular formula is C13H22NO3PS. The molecule has 4 nitrogen and oxygen atoms in total. The summed E-state index contributed by atoms with van der Waals surface area (Å²) in [6.07, 6.45) is 0. The molecule has 19 heavy (non-hydrogen) atoms. The third-order valence-electron chi connectivity index (χ3n) is 2.49. The lowest BCUT2D eigenvalue weighted by atomic mass is 10.2. The SMILES string of the molecule is CCOP(=O)(OCC)[C@@H](N)c1ccc(SCC)cc1. The van der Waals surface area contributed by atoms with E-state index in [1.165, 1.54) is 4.90 Å². The highest BCUT2D eigenvalue weighted by Gasteiger charge is 2.33. The number of benzene rings is 1. The van der Waals surface area contributed by atoms with E-state index in [1.54, 1.807) is 25.6 Å². The van der Waals surface area contributed by atoms with Gasteiger partial charge in [0.05, 0.1) is 13.2 Å². The first-order chi connectivity index (χ1) is 9.07. The molecule has 0 amide bonds. The van der Waals surface area contributed by atoms with E-state index in [1.807, 2.05) is 24.3 Å². The summed E-state index contributed by atoms with van der Waals surface area (Å²) < 4.78 is 23.1. The first kappa shape index (κ1) is 16.7. The normalized spacial score (nSPS) is 13.5. The molecule has 0 unspecified atom stereocenters. The van der Waals surface area contributed by atoms with Gasteiger partial charge in [-0.05, 0) is 37.3 Å². The van der Waals surface area contributed by atoms with Gasteiger partial charge in [0.2, 0.25) is 0 Å². The summed E-state index contributed by atoms with van der Waals surface area (Å²) in [5.41, 5.74) is 6.82. The summed E-state index contributed by atoms with van der Waals surface area (Å²) >= 11 is 1.75. The van der Waals surface area contributed by atoms with Crippen LogP contribution >= 0.6 is 19.4 Å². The van der Waals surface area contributed by atoms with Gasteiger partial charge >= 0.3 is 7.60 Å². The van der Waals surface area contributed by atoms with Crippen LogP contribution in [0.15, 0.2) is 29.2 Å². The van der Waals surface area contributed by atoms with E-state index in [2.05, 4.69) is 6.92 Å². The Balaban J connectivity index is 2.89. The van der Waals surface area contributed by atoms with Gasteiger partial charge in [-0.15, -0.1) is 11.8 Å². The molecule has 0 heterocycles. The van der Waals surface area contributed by atoms with Crippen molar-refractivity contribution in [2.75, 3.05) is 19.0 Å². The first-order valence-electron chi connectivity index (χ1n) is 6.44. The van der Waals surface area contributed by atoms with E-state index in [0.29, 0.717) is 13.2 Å². The second kappa shape index (κ2) is 8.08. The lowest BCUT2D eigenvalue weighted by Gasteiger charge is -2.23. The predicted octanol–water partition coefficient (Wildman–Crippen LogP) is 4.02. The molecule has 1 aromatic rings. The van der Waals surface area contributed by atoms with Gasteiger partial charge in [0.1, 0.15) is 5.78 Å². The Morgan fingerprint density at radius 2 is 1.68 bits per heavy atom. The standard InChI is InChI=1S/C13H22NO3PS/c1-4-16-18(15,17-5-2)13(14)11-7-9-12(10-8-11)19-6-3/h7-10,13H,4-6,14H2,1-3H3/t13-/m1/s1. The fourth-order valence-electron chi connectivity index (χ4n) is 1.67. The van der Waals surface area contributed by atoms with Gasteiger partial charge in [-0.25, -0.2) is 0 Å². The largest absolute Gasteiger partial charge is 0.351 e. The van der Waals surface area contributed by atoms with Gasteiger partial charge < -0.3 is 14.8 Å². The minimum Gasteiger partial charge on any atom is -0.314 e. The molecule has 0 spiro atoms. The van der Waals surface area contributed by atoms with E-state index in [0.717, 1.165) is 11.3 Å². The molecule has 0 aromatic heterocycles. The van der Waals surface area contributed by atoms with Gasteiger partial charge in [0.15, 0.2) is 0 Å². The van der Waals surface area contributed by atoms with Crippen LogP contribution in [-0.4, -0.2) is 19.0 Å². The number of nitrogens with two attached hydrogens (primary N) is 1. The predicted molar refractivity (Wildman–Crippen MR) is 80.6 cm³/mol. The van der Waals surface area contributed by atoms with Crippen molar-refractivity contribution in [2.45, 2.75) is 31.4 Å². The molecular weight excluding hydrogens is 281 g/mol.